The lowest BCUT2D eigenvalue weighted by Gasteiger charge is -2.26. The van der Waals surface area contributed by atoms with Gasteiger partial charge in [0.15, 0.2) is 9.84 Å². The van der Waals surface area contributed by atoms with E-state index in [2.05, 4.69) is 5.32 Å². The Kier molecular flexibility index (Phi) is 7.31. The van der Waals surface area contributed by atoms with Gasteiger partial charge >= 0.3 is 0 Å². The minimum atomic E-state index is -3.69. The standard InChI is InChI=1S/C21H28N2O5S2/c1-15(2)19-8-6-7-9-20(19)23(30(5,27)28)14-21(24)22-16(3)17-10-12-18(13-11-17)29(4,25)26/h6-13,15-16H,14H2,1-5H3,(H,22,24)/t16-/m0/s1. The van der Waals surface area contributed by atoms with Crippen LogP contribution in [0.3, 0.4) is 0 Å². The summed E-state index contributed by atoms with van der Waals surface area (Å²) in [7, 11) is -6.99. The number of sulfonamides is 1. The van der Waals surface area contributed by atoms with E-state index in [0.29, 0.717) is 11.3 Å². The van der Waals surface area contributed by atoms with Crippen molar-refractivity contribution in [3.8, 4) is 0 Å². The first kappa shape index (κ1) is 23.9. The van der Waals surface area contributed by atoms with Gasteiger partial charge in [0, 0.05) is 6.26 Å². The molecular formula is C21H28N2O5S2. The van der Waals surface area contributed by atoms with Crippen molar-refractivity contribution in [2.24, 2.45) is 0 Å². The van der Waals surface area contributed by atoms with Crippen molar-refractivity contribution in [1.82, 2.24) is 5.32 Å². The predicted octanol–water partition coefficient (Wildman–Crippen LogP) is 2.86. The van der Waals surface area contributed by atoms with Crippen LogP contribution in [0.15, 0.2) is 53.4 Å². The maximum atomic E-state index is 12.7. The average Bonchev–Trinajstić information content (AvgIpc) is 2.64. The third-order valence-electron chi connectivity index (χ3n) is 4.70. The SMILES string of the molecule is CC(C)c1ccccc1N(CC(=O)N[C@@H](C)c1ccc(S(C)(=O)=O)cc1)S(C)(=O)=O. The Hall–Kier alpha value is -2.39. The molecule has 0 fully saturated rings. The fourth-order valence-electron chi connectivity index (χ4n) is 3.09. The largest absolute Gasteiger partial charge is 0.348 e. The van der Waals surface area contributed by atoms with Crippen molar-refractivity contribution < 1.29 is 21.6 Å². The molecule has 2 rings (SSSR count). The van der Waals surface area contributed by atoms with Crippen LogP contribution in [-0.2, 0) is 24.7 Å². The van der Waals surface area contributed by atoms with Crippen LogP contribution >= 0.6 is 0 Å². The van der Waals surface area contributed by atoms with Crippen molar-refractivity contribution in [2.75, 3.05) is 23.4 Å². The van der Waals surface area contributed by atoms with Gasteiger partial charge in [-0.15, -0.1) is 0 Å². The van der Waals surface area contributed by atoms with E-state index in [9.17, 15) is 21.6 Å². The number of para-hydroxylation sites is 1. The van der Waals surface area contributed by atoms with E-state index in [1.54, 1.807) is 31.2 Å². The third-order valence-corrected chi connectivity index (χ3v) is 6.96. The number of carbonyl (C=O) groups is 1. The van der Waals surface area contributed by atoms with Gasteiger partial charge in [-0.1, -0.05) is 44.2 Å². The van der Waals surface area contributed by atoms with E-state index in [0.717, 1.165) is 22.4 Å². The highest BCUT2D eigenvalue weighted by atomic mass is 32.2. The molecule has 0 unspecified atom stereocenters. The van der Waals surface area contributed by atoms with Crippen LogP contribution in [0.25, 0.3) is 0 Å². The molecule has 0 saturated heterocycles. The van der Waals surface area contributed by atoms with Crippen LogP contribution in [0.2, 0.25) is 0 Å². The quantitative estimate of drug-likeness (QED) is 0.664. The van der Waals surface area contributed by atoms with Gasteiger partial charge < -0.3 is 5.32 Å². The fraction of sp³-hybridized carbons (Fsp3) is 0.381. The fourth-order valence-corrected chi connectivity index (χ4v) is 4.59. The Labute approximate surface area is 179 Å². The highest BCUT2D eigenvalue weighted by Crippen LogP contribution is 2.29. The van der Waals surface area contributed by atoms with E-state index in [1.807, 2.05) is 26.0 Å². The van der Waals surface area contributed by atoms with Gasteiger partial charge in [0.25, 0.3) is 0 Å². The van der Waals surface area contributed by atoms with E-state index >= 15 is 0 Å². The van der Waals surface area contributed by atoms with Crippen molar-refractivity contribution in [3.63, 3.8) is 0 Å². The first-order chi connectivity index (χ1) is 13.8. The molecule has 30 heavy (non-hydrogen) atoms. The molecule has 0 aromatic heterocycles. The molecule has 1 N–H and O–H groups in total. The van der Waals surface area contributed by atoms with Crippen LogP contribution in [-0.4, -0.2) is 41.8 Å². The van der Waals surface area contributed by atoms with E-state index in [4.69, 9.17) is 0 Å². The van der Waals surface area contributed by atoms with Crippen LogP contribution in [0.1, 0.15) is 43.9 Å². The predicted molar refractivity (Wildman–Crippen MR) is 119 cm³/mol. The number of sulfone groups is 1. The minimum Gasteiger partial charge on any atom is -0.348 e. The summed E-state index contributed by atoms with van der Waals surface area (Å²) in [5.41, 5.74) is 2.03. The van der Waals surface area contributed by atoms with Crippen molar-refractivity contribution >= 4 is 31.5 Å². The summed E-state index contributed by atoms with van der Waals surface area (Å²) < 4.78 is 49.1. The van der Waals surface area contributed by atoms with E-state index < -0.39 is 31.8 Å². The zero-order valence-corrected chi connectivity index (χ0v) is 19.4. The number of anilines is 1. The van der Waals surface area contributed by atoms with Gasteiger partial charge in [0.05, 0.1) is 22.9 Å². The molecule has 2 aromatic rings. The summed E-state index contributed by atoms with van der Waals surface area (Å²) in [5.74, 6) is -0.375. The number of amides is 1. The Morgan fingerprint density at radius 3 is 2.00 bits per heavy atom. The minimum absolute atomic E-state index is 0.0841. The summed E-state index contributed by atoms with van der Waals surface area (Å²) in [6.45, 7) is 5.32. The van der Waals surface area contributed by atoms with E-state index in [1.165, 1.54) is 12.1 Å². The zero-order valence-electron chi connectivity index (χ0n) is 17.8. The molecule has 1 amide bonds. The summed E-state index contributed by atoms with van der Waals surface area (Å²) in [6.07, 6.45) is 2.20. The van der Waals surface area contributed by atoms with Crippen LogP contribution in [0.4, 0.5) is 5.69 Å². The Morgan fingerprint density at radius 1 is 0.933 bits per heavy atom. The smallest absolute Gasteiger partial charge is 0.241 e. The van der Waals surface area contributed by atoms with Crippen LogP contribution < -0.4 is 9.62 Å². The van der Waals surface area contributed by atoms with Gasteiger partial charge in [-0.05, 0) is 42.2 Å². The molecule has 0 heterocycles. The maximum absolute atomic E-state index is 12.7. The molecule has 0 bridgehead atoms. The number of benzene rings is 2. The number of carbonyl (C=O) groups excluding carboxylic acids is 1. The molecule has 0 aliphatic rings. The van der Waals surface area contributed by atoms with E-state index in [-0.39, 0.29) is 17.4 Å². The second-order valence-electron chi connectivity index (χ2n) is 7.61. The monoisotopic (exact) mass is 452 g/mol. The summed E-state index contributed by atoms with van der Waals surface area (Å²) >= 11 is 0. The lowest BCUT2D eigenvalue weighted by atomic mass is 10.0. The zero-order chi connectivity index (χ0) is 22.7. The molecule has 1 atom stereocenters. The second-order valence-corrected chi connectivity index (χ2v) is 11.5. The molecule has 164 valence electrons. The summed E-state index contributed by atoms with van der Waals surface area (Å²) in [4.78, 5) is 12.8. The first-order valence-corrected chi connectivity index (χ1v) is 13.2. The van der Waals surface area contributed by atoms with Crippen LogP contribution in [0.5, 0.6) is 0 Å². The van der Waals surface area contributed by atoms with Gasteiger partial charge in [-0.2, -0.15) is 0 Å². The number of hydrogen-bond acceptors (Lipinski definition) is 5. The highest BCUT2D eigenvalue weighted by molar-refractivity contribution is 7.92. The molecule has 0 aliphatic heterocycles. The number of nitrogens with zero attached hydrogens (tertiary/aromatic N) is 1. The lowest BCUT2D eigenvalue weighted by molar-refractivity contribution is -0.120. The molecule has 7 nitrogen and oxygen atoms in total. The number of hydrogen-bond donors (Lipinski definition) is 1. The molecule has 0 spiro atoms. The molecule has 0 aliphatic carbocycles. The molecule has 0 radical (unpaired) electrons. The van der Waals surface area contributed by atoms with Crippen molar-refractivity contribution in [3.05, 3.63) is 59.7 Å². The second kappa shape index (κ2) is 9.18. The summed E-state index contributed by atoms with van der Waals surface area (Å²) in [5, 5.41) is 2.78. The highest BCUT2D eigenvalue weighted by Gasteiger charge is 2.24. The first-order valence-electron chi connectivity index (χ1n) is 9.46. The number of nitrogens with one attached hydrogen (secondary N) is 1. The Balaban J connectivity index is 2.21. The topological polar surface area (TPSA) is 101 Å². The van der Waals surface area contributed by atoms with Crippen molar-refractivity contribution in [1.29, 1.82) is 0 Å². The molecule has 9 heteroatoms. The molecular weight excluding hydrogens is 424 g/mol. The van der Waals surface area contributed by atoms with Gasteiger partial charge in [0.2, 0.25) is 15.9 Å². The van der Waals surface area contributed by atoms with Crippen LogP contribution in [0, 0.1) is 0 Å². The molecule has 0 saturated carbocycles. The number of rotatable bonds is 8. The summed E-state index contributed by atoms with van der Waals surface area (Å²) in [6, 6.07) is 12.9. The average molecular weight is 453 g/mol. The Morgan fingerprint density at radius 2 is 1.50 bits per heavy atom. The van der Waals surface area contributed by atoms with Gasteiger partial charge in [-0.3, -0.25) is 9.10 Å². The maximum Gasteiger partial charge on any atom is 0.241 e. The van der Waals surface area contributed by atoms with Crippen molar-refractivity contribution in [2.45, 2.75) is 37.6 Å². The Bertz CT molecular complexity index is 1110. The molecule has 2 aromatic carbocycles. The third kappa shape index (κ3) is 6.06. The van der Waals surface area contributed by atoms with Gasteiger partial charge in [-0.25, -0.2) is 16.8 Å². The van der Waals surface area contributed by atoms with Gasteiger partial charge in [0.1, 0.15) is 6.54 Å². The lowest BCUT2D eigenvalue weighted by Crippen LogP contribution is -2.41. The normalized spacial score (nSPS) is 13.1.